The number of aryl methyl sites for hydroxylation is 1. The summed E-state index contributed by atoms with van der Waals surface area (Å²) >= 11 is 0. The lowest BCUT2D eigenvalue weighted by atomic mass is 9.54. The zero-order chi connectivity index (χ0) is 15.0. The van der Waals surface area contributed by atoms with Gasteiger partial charge in [0.05, 0.1) is 18.2 Å². The smallest absolute Gasteiger partial charge is 0.274 e. The second kappa shape index (κ2) is 5.18. The van der Waals surface area contributed by atoms with Crippen molar-refractivity contribution < 1.29 is 19.2 Å². The lowest BCUT2D eigenvalue weighted by Gasteiger charge is -2.60. The molecule has 1 saturated carbocycles. The maximum Gasteiger partial charge on any atom is 0.274 e. The molecular weight excluding hydrogens is 260 g/mol. The van der Waals surface area contributed by atoms with Gasteiger partial charge in [0, 0.05) is 24.5 Å². The largest absolute Gasteiger partial charge is 0.394 e. The molecule has 1 aliphatic carbocycles. The van der Waals surface area contributed by atoms with Gasteiger partial charge in [-0.3, -0.25) is 4.79 Å². The summed E-state index contributed by atoms with van der Waals surface area (Å²) in [6.07, 6.45) is 0.617. The second-order valence-electron chi connectivity index (χ2n) is 5.89. The summed E-state index contributed by atoms with van der Waals surface area (Å²) in [5.74, 6) is 0.243. The van der Waals surface area contributed by atoms with Crippen LogP contribution < -0.4 is 5.32 Å². The van der Waals surface area contributed by atoms with Gasteiger partial charge in [0.2, 0.25) is 0 Å². The number of nitrogens with zero attached hydrogens (tertiary/aromatic N) is 1. The third-order valence-corrected chi connectivity index (χ3v) is 4.42. The van der Waals surface area contributed by atoms with Gasteiger partial charge in [-0.2, -0.15) is 0 Å². The van der Waals surface area contributed by atoms with Gasteiger partial charge in [-0.05, 0) is 13.8 Å². The fraction of sp³-hybridized carbons (Fsp3) is 0.714. The van der Waals surface area contributed by atoms with Crippen molar-refractivity contribution in [2.75, 3.05) is 13.2 Å². The molecule has 2 atom stereocenters. The van der Waals surface area contributed by atoms with E-state index in [0.29, 0.717) is 18.8 Å². The van der Waals surface area contributed by atoms with Crippen molar-refractivity contribution >= 4 is 5.91 Å². The minimum atomic E-state index is -0.684. The quantitative estimate of drug-likeness (QED) is 0.849. The van der Waals surface area contributed by atoms with Gasteiger partial charge in [-0.1, -0.05) is 19.0 Å². The molecule has 0 unspecified atom stereocenters. The highest BCUT2D eigenvalue weighted by Gasteiger charge is 2.61. The van der Waals surface area contributed by atoms with Gasteiger partial charge in [0.15, 0.2) is 5.69 Å². The predicted octanol–water partition coefficient (Wildman–Crippen LogP) is 1.28. The van der Waals surface area contributed by atoms with E-state index in [0.717, 1.165) is 0 Å². The number of carbonyl (C=O) groups excluding carboxylic acids is 1. The monoisotopic (exact) mass is 282 g/mol. The standard InChI is InChI=1S/C14H22N2O4/c1-5-19-11-7-14(8-17,13(11,3)4)15-12(18)10-6-9(2)20-16-10/h6,11,17H,5,7-8H2,1-4H3,(H,15,18)/t11-,14+/m1/s1. The number of ether oxygens (including phenoxy) is 1. The molecule has 0 aromatic carbocycles. The van der Waals surface area contributed by atoms with Crippen LogP contribution >= 0.6 is 0 Å². The second-order valence-corrected chi connectivity index (χ2v) is 5.89. The molecule has 0 spiro atoms. The van der Waals surface area contributed by atoms with E-state index in [2.05, 4.69) is 10.5 Å². The van der Waals surface area contributed by atoms with Crippen molar-refractivity contribution in [1.82, 2.24) is 10.5 Å². The fourth-order valence-corrected chi connectivity index (χ4v) is 2.75. The molecule has 1 aromatic rings. The number of aromatic nitrogens is 1. The molecule has 112 valence electrons. The van der Waals surface area contributed by atoms with Gasteiger partial charge in [0.25, 0.3) is 5.91 Å². The normalized spacial score (nSPS) is 27.9. The first-order chi connectivity index (χ1) is 9.36. The Kier molecular flexibility index (Phi) is 3.88. The van der Waals surface area contributed by atoms with E-state index in [-0.39, 0.29) is 29.7 Å². The molecule has 6 nitrogen and oxygen atoms in total. The van der Waals surface area contributed by atoms with Crippen LogP contribution in [0.5, 0.6) is 0 Å². The number of aliphatic hydroxyl groups excluding tert-OH is 1. The average molecular weight is 282 g/mol. The molecule has 1 fully saturated rings. The van der Waals surface area contributed by atoms with Crippen LogP contribution in [0.3, 0.4) is 0 Å². The third-order valence-electron chi connectivity index (χ3n) is 4.42. The molecule has 2 N–H and O–H groups in total. The van der Waals surface area contributed by atoms with Crippen LogP contribution in [-0.2, 0) is 4.74 Å². The van der Waals surface area contributed by atoms with Gasteiger partial charge in [-0.15, -0.1) is 0 Å². The molecule has 0 radical (unpaired) electrons. The van der Waals surface area contributed by atoms with Gasteiger partial charge in [0.1, 0.15) is 5.76 Å². The van der Waals surface area contributed by atoms with Crippen LogP contribution in [0.2, 0.25) is 0 Å². The average Bonchev–Trinajstić information content (AvgIpc) is 2.83. The first kappa shape index (κ1) is 15.0. The zero-order valence-corrected chi connectivity index (χ0v) is 12.4. The van der Waals surface area contributed by atoms with Crippen molar-refractivity contribution in [3.05, 3.63) is 17.5 Å². The number of rotatable bonds is 5. The number of amides is 1. The molecule has 6 heteroatoms. The van der Waals surface area contributed by atoms with Crippen molar-refractivity contribution in [2.45, 2.75) is 45.8 Å². The van der Waals surface area contributed by atoms with Crippen LogP contribution in [0.15, 0.2) is 10.6 Å². The summed E-state index contributed by atoms with van der Waals surface area (Å²) in [6.45, 7) is 8.12. The van der Waals surface area contributed by atoms with Crippen LogP contribution in [0, 0.1) is 12.3 Å². The maximum absolute atomic E-state index is 12.2. The first-order valence-electron chi connectivity index (χ1n) is 6.84. The van der Waals surface area contributed by atoms with E-state index in [1.54, 1.807) is 13.0 Å². The summed E-state index contributed by atoms with van der Waals surface area (Å²) in [6, 6.07) is 1.58. The van der Waals surface area contributed by atoms with E-state index in [1.165, 1.54) is 0 Å². The summed E-state index contributed by atoms with van der Waals surface area (Å²) in [4.78, 5) is 12.2. The Bertz CT molecular complexity index is 497. The molecule has 1 heterocycles. The van der Waals surface area contributed by atoms with E-state index in [9.17, 15) is 9.90 Å². The molecule has 0 saturated heterocycles. The Morgan fingerprint density at radius 2 is 2.35 bits per heavy atom. The van der Waals surface area contributed by atoms with Crippen molar-refractivity contribution in [3.8, 4) is 0 Å². The minimum absolute atomic E-state index is 0.0268. The van der Waals surface area contributed by atoms with Gasteiger partial charge < -0.3 is 19.7 Å². The van der Waals surface area contributed by atoms with E-state index >= 15 is 0 Å². The molecule has 0 aliphatic heterocycles. The van der Waals surface area contributed by atoms with Crippen LogP contribution in [0.1, 0.15) is 43.4 Å². The number of nitrogens with one attached hydrogen (secondary N) is 1. The Morgan fingerprint density at radius 3 is 2.80 bits per heavy atom. The molecule has 1 aliphatic rings. The number of aliphatic hydroxyl groups is 1. The third kappa shape index (κ3) is 2.23. The predicted molar refractivity (Wildman–Crippen MR) is 72.3 cm³/mol. The summed E-state index contributed by atoms with van der Waals surface area (Å²) in [7, 11) is 0. The van der Waals surface area contributed by atoms with Crippen LogP contribution in [-0.4, -0.2) is 41.0 Å². The number of hydrogen-bond acceptors (Lipinski definition) is 5. The molecule has 1 amide bonds. The van der Waals surface area contributed by atoms with Crippen molar-refractivity contribution in [1.29, 1.82) is 0 Å². The Hall–Kier alpha value is -1.40. The van der Waals surface area contributed by atoms with E-state index < -0.39 is 5.54 Å². The Balaban J connectivity index is 2.12. The molecule has 1 aromatic heterocycles. The van der Waals surface area contributed by atoms with Crippen molar-refractivity contribution in [2.24, 2.45) is 5.41 Å². The maximum atomic E-state index is 12.2. The molecule has 0 bridgehead atoms. The molecular formula is C14H22N2O4. The number of carbonyl (C=O) groups is 1. The van der Waals surface area contributed by atoms with Crippen LogP contribution in [0.25, 0.3) is 0 Å². The zero-order valence-electron chi connectivity index (χ0n) is 12.4. The minimum Gasteiger partial charge on any atom is -0.394 e. The van der Waals surface area contributed by atoms with E-state index in [4.69, 9.17) is 9.26 Å². The van der Waals surface area contributed by atoms with Gasteiger partial charge in [-0.25, -0.2) is 0 Å². The summed E-state index contributed by atoms with van der Waals surface area (Å²) in [5, 5.41) is 16.3. The highest BCUT2D eigenvalue weighted by molar-refractivity contribution is 5.93. The fourth-order valence-electron chi connectivity index (χ4n) is 2.75. The molecule has 2 rings (SSSR count). The lowest BCUT2D eigenvalue weighted by Crippen LogP contribution is -2.74. The summed E-state index contributed by atoms with van der Waals surface area (Å²) in [5.41, 5.74) is -0.797. The SMILES string of the molecule is CCO[C@@H]1C[C@@](CO)(NC(=O)c2cc(C)on2)C1(C)C. The van der Waals surface area contributed by atoms with E-state index in [1.807, 2.05) is 20.8 Å². The first-order valence-corrected chi connectivity index (χ1v) is 6.84. The number of hydrogen-bond donors (Lipinski definition) is 2. The Labute approximate surface area is 118 Å². The van der Waals surface area contributed by atoms with Crippen LogP contribution in [0.4, 0.5) is 0 Å². The summed E-state index contributed by atoms with van der Waals surface area (Å²) < 4.78 is 10.5. The lowest BCUT2D eigenvalue weighted by molar-refractivity contribution is -0.172. The van der Waals surface area contributed by atoms with Crippen molar-refractivity contribution in [3.63, 3.8) is 0 Å². The Morgan fingerprint density at radius 1 is 1.65 bits per heavy atom. The van der Waals surface area contributed by atoms with Gasteiger partial charge >= 0.3 is 0 Å². The highest BCUT2D eigenvalue weighted by atomic mass is 16.5. The molecule has 20 heavy (non-hydrogen) atoms. The topological polar surface area (TPSA) is 84.6 Å². The highest BCUT2D eigenvalue weighted by Crippen LogP contribution is 2.51.